The molecule has 0 spiro atoms. The number of aryl methyl sites for hydroxylation is 1. The van der Waals surface area contributed by atoms with Gasteiger partial charge in [0.1, 0.15) is 11.6 Å². The fourth-order valence-electron chi connectivity index (χ4n) is 3.64. The van der Waals surface area contributed by atoms with Crippen LogP contribution in [0.2, 0.25) is 0 Å². The molecule has 1 aliphatic rings. The molecule has 7 heteroatoms. The van der Waals surface area contributed by atoms with Gasteiger partial charge in [-0.1, -0.05) is 6.07 Å². The third-order valence-corrected chi connectivity index (χ3v) is 5.18. The summed E-state index contributed by atoms with van der Waals surface area (Å²) in [6, 6.07) is 9.78. The smallest absolute Gasteiger partial charge is 0.223 e. The normalized spacial score (nSPS) is 16.0. The highest BCUT2D eigenvalue weighted by atomic mass is 16.3. The molecule has 1 N–H and O–H groups in total. The molecule has 0 unspecified atom stereocenters. The second-order valence-electron chi connectivity index (χ2n) is 7.07. The number of hydrogen-bond donors (Lipinski definition) is 1. The summed E-state index contributed by atoms with van der Waals surface area (Å²) >= 11 is 0. The molecule has 0 radical (unpaired) electrons. The minimum absolute atomic E-state index is 0.117. The van der Waals surface area contributed by atoms with E-state index in [1.54, 1.807) is 6.26 Å². The number of likely N-dealkylation sites (tertiary alicyclic amines) is 1. The first-order valence-electron chi connectivity index (χ1n) is 9.61. The van der Waals surface area contributed by atoms with Gasteiger partial charge < -0.3 is 9.73 Å². The molecule has 1 aliphatic heterocycles. The van der Waals surface area contributed by atoms with Crippen LogP contribution in [0.25, 0.3) is 5.65 Å². The number of carbonyl (C=O) groups is 1. The second kappa shape index (κ2) is 8.35. The molecule has 4 rings (SSSR count). The first kappa shape index (κ1) is 17.7. The zero-order valence-electron chi connectivity index (χ0n) is 15.4. The summed E-state index contributed by atoms with van der Waals surface area (Å²) in [4.78, 5) is 14.8. The van der Waals surface area contributed by atoms with Crippen molar-refractivity contribution in [2.45, 2.75) is 32.2 Å². The number of nitrogens with zero attached hydrogens (tertiary/aromatic N) is 4. The number of rotatable bonds is 7. The van der Waals surface area contributed by atoms with Crippen molar-refractivity contribution in [3.05, 3.63) is 54.4 Å². The summed E-state index contributed by atoms with van der Waals surface area (Å²) < 4.78 is 7.40. The van der Waals surface area contributed by atoms with Crippen LogP contribution in [0.5, 0.6) is 0 Å². The molecule has 27 heavy (non-hydrogen) atoms. The number of furan rings is 1. The van der Waals surface area contributed by atoms with Crippen molar-refractivity contribution < 1.29 is 9.21 Å². The van der Waals surface area contributed by atoms with Crippen LogP contribution in [0.4, 0.5) is 0 Å². The molecule has 0 atom stereocenters. The zero-order chi connectivity index (χ0) is 18.5. The lowest BCUT2D eigenvalue weighted by atomic mass is 9.96. The van der Waals surface area contributed by atoms with Crippen molar-refractivity contribution in [2.75, 3.05) is 19.6 Å². The molecule has 0 bridgehead atoms. The first-order chi connectivity index (χ1) is 13.3. The minimum Gasteiger partial charge on any atom is -0.468 e. The number of fused-ring (bicyclic) bond motifs is 1. The minimum atomic E-state index is 0.117. The van der Waals surface area contributed by atoms with E-state index < -0.39 is 0 Å². The summed E-state index contributed by atoms with van der Waals surface area (Å²) in [5, 5.41) is 11.5. The molecule has 3 aromatic heterocycles. The molecule has 1 amide bonds. The van der Waals surface area contributed by atoms with Crippen LogP contribution in [-0.2, 0) is 17.8 Å². The van der Waals surface area contributed by atoms with E-state index in [4.69, 9.17) is 4.42 Å². The first-order valence-corrected chi connectivity index (χ1v) is 9.61. The van der Waals surface area contributed by atoms with Gasteiger partial charge in [0.2, 0.25) is 5.91 Å². The molecule has 3 aromatic rings. The second-order valence-corrected chi connectivity index (χ2v) is 7.07. The van der Waals surface area contributed by atoms with Crippen LogP contribution >= 0.6 is 0 Å². The summed E-state index contributed by atoms with van der Waals surface area (Å²) in [5.74, 6) is 2.22. The van der Waals surface area contributed by atoms with E-state index in [9.17, 15) is 4.79 Å². The van der Waals surface area contributed by atoms with Crippen LogP contribution in [0, 0.1) is 5.92 Å². The number of piperidine rings is 1. The summed E-state index contributed by atoms with van der Waals surface area (Å²) in [6.07, 6.45) is 7.14. The lowest BCUT2D eigenvalue weighted by Crippen LogP contribution is -2.40. The van der Waals surface area contributed by atoms with Crippen LogP contribution in [0.15, 0.2) is 47.2 Å². The average molecular weight is 367 g/mol. The van der Waals surface area contributed by atoms with Gasteiger partial charge in [0, 0.05) is 25.1 Å². The fourth-order valence-corrected chi connectivity index (χ4v) is 3.64. The van der Waals surface area contributed by atoms with Gasteiger partial charge in [0.25, 0.3) is 0 Å². The van der Waals surface area contributed by atoms with Gasteiger partial charge in [-0.05, 0) is 56.6 Å². The third kappa shape index (κ3) is 4.36. The molecule has 1 saturated heterocycles. The van der Waals surface area contributed by atoms with Crippen molar-refractivity contribution in [1.29, 1.82) is 0 Å². The standard InChI is InChI=1S/C20H25N5O2/c26-20(16-8-12-24(13-9-16)15-17-5-4-14-27-17)21-10-3-7-19-23-22-18-6-1-2-11-25(18)19/h1-2,4-6,11,14,16H,3,7-10,12-13,15H2,(H,21,26). The van der Waals surface area contributed by atoms with Crippen LogP contribution in [0.1, 0.15) is 30.8 Å². The van der Waals surface area contributed by atoms with Gasteiger partial charge in [-0.25, -0.2) is 0 Å². The molecule has 0 aliphatic carbocycles. The number of amides is 1. The molecule has 0 saturated carbocycles. The highest BCUT2D eigenvalue weighted by Gasteiger charge is 2.25. The molecular formula is C20H25N5O2. The van der Waals surface area contributed by atoms with E-state index in [1.165, 1.54) is 0 Å². The Kier molecular flexibility index (Phi) is 5.48. The molecule has 7 nitrogen and oxygen atoms in total. The topological polar surface area (TPSA) is 75.7 Å². The Hall–Kier alpha value is -2.67. The van der Waals surface area contributed by atoms with Crippen molar-refractivity contribution in [3.8, 4) is 0 Å². The zero-order valence-corrected chi connectivity index (χ0v) is 15.4. The fraction of sp³-hybridized carbons (Fsp3) is 0.450. The van der Waals surface area contributed by atoms with Gasteiger partial charge >= 0.3 is 0 Å². The van der Waals surface area contributed by atoms with Gasteiger partial charge in [-0.2, -0.15) is 0 Å². The van der Waals surface area contributed by atoms with Gasteiger partial charge in [-0.15, -0.1) is 10.2 Å². The Morgan fingerprint density at radius 3 is 2.89 bits per heavy atom. The van der Waals surface area contributed by atoms with E-state index in [2.05, 4.69) is 20.4 Å². The molecular weight excluding hydrogens is 342 g/mol. The lowest BCUT2D eigenvalue weighted by Gasteiger charge is -2.30. The number of nitrogens with one attached hydrogen (secondary N) is 1. The van der Waals surface area contributed by atoms with E-state index >= 15 is 0 Å². The monoisotopic (exact) mass is 367 g/mol. The van der Waals surface area contributed by atoms with Crippen molar-refractivity contribution in [3.63, 3.8) is 0 Å². The maximum atomic E-state index is 12.4. The Bertz CT molecular complexity index is 866. The lowest BCUT2D eigenvalue weighted by molar-refractivity contribution is -0.126. The quantitative estimate of drug-likeness (QED) is 0.649. The largest absolute Gasteiger partial charge is 0.468 e. The Morgan fingerprint density at radius 1 is 1.19 bits per heavy atom. The molecule has 4 heterocycles. The highest BCUT2D eigenvalue weighted by Crippen LogP contribution is 2.19. The average Bonchev–Trinajstić information content (AvgIpc) is 3.36. The van der Waals surface area contributed by atoms with E-state index in [0.29, 0.717) is 6.54 Å². The maximum absolute atomic E-state index is 12.4. The Balaban J connectivity index is 1.17. The number of carbonyl (C=O) groups excluding carboxylic acids is 1. The number of pyridine rings is 1. The third-order valence-electron chi connectivity index (χ3n) is 5.18. The SMILES string of the molecule is O=C(NCCCc1nnc2ccccn12)C1CCN(Cc2ccco2)CC1. The molecule has 1 fully saturated rings. The number of hydrogen-bond acceptors (Lipinski definition) is 5. The van der Waals surface area contributed by atoms with Gasteiger partial charge in [0.05, 0.1) is 12.8 Å². The van der Waals surface area contributed by atoms with Crippen LogP contribution in [-0.4, -0.2) is 45.0 Å². The Morgan fingerprint density at radius 2 is 2.07 bits per heavy atom. The Labute approximate surface area is 158 Å². The van der Waals surface area contributed by atoms with Crippen LogP contribution < -0.4 is 5.32 Å². The van der Waals surface area contributed by atoms with E-state index in [1.807, 2.05) is 40.9 Å². The predicted molar refractivity (Wildman–Crippen MR) is 101 cm³/mol. The van der Waals surface area contributed by atoms with E-state index in [0.717, 1.165) is 62.5 Å². The van der Waals surface area contributed by atoms with Crippen LogP contribution in [0.3, 0.4) is 0 Å². The van der Waals surface area contributed by atoms with Crippen molar-refractivity contribution in [1.82, 2.24) is 24.8 Å². The highest BCUT2D eigenvalue weighted by molar-refractivity contribution is 5.78. The maximum Gasteiger partial charge on any atom is 0.223 e. The summed E-state index contributed by atoms with van der Waals surface area (Å²) in [7, 11) is 0. The summed E-state index contributed by atoms with van der Waals surface area (Å²) in [6.45, 7) is 3.37. The van der Waals surface area contributed by atoms with Crippen molar-refractivity contribution in [2.24, 2.45) is 5.92 Å². The van der Waals surface area contributed by atoms with Gasteiger partial charge in [-0.3, -0.25) is 14.1 Å². The predicted octanol–water partition coefficient (Wildman–Crippen LogP) is 2.28. The van der Waals surface area contributed by atoms with E-state index in [-0.39, 0.29) is 11.8 Å². The molecule has 0 aromatic carbocycles. The summed E-state index contributed by atoms with van der Waals surface area (Å²) in [5.41, 5.74) is 0.859. The molecule has 142 valence electrons. The van der Waals surface area contributed by atoms with Crippen molar-refractivity contribution >= 4 is 11.6 Å². The number of aromatic nitrogens is 3. The van der Waals surface area contributed by atoms with Gasteiger partial charge in [0.15, 0.2) is 5.65 Å².